The van der Waals surface area contributed by atoms with Crippen LogP contribution >= 0.6 is 58.0 Å². The van der Waals surface area contributed by atoms with Crippen molar-refractivity contribution in [1.82, 2.24) is 0 Å². The molecule has 0 aliphatic rings. The first-order valence-electron chi connectivity index (χ1n) is 19.0. The normalized spacial score (nSPS) is 10.8. The molecule has 0 aliphatic carbocycles. The van der Waals surface area contributed by atoms with Gasteiger partial charge in [-0.15, -0.1) is 0 Å². The molecule has 10 heteroatoms. The minimum atomic E-state index is 0.245. The minimum Gasteiger partial charge on any atom is -0.508 e. The van der Waals surface area contributed by atoms with E-state index in [1.165, 1.54) is 0 Å². The molecule has 1 atom stereocenters. The second kappa shape index (κ2) is 25.1. The number of benzene rings is 5. The van der Waals surface area contributed by atoms with Crippen LogP contribution < -0.4 is 0 Å². The Morgan fingerprint density at radius 3 is 1.40 bits per heavy atom. The predicted molar refractivity (Wildman–Crippen MR) is 245 cm³/mol. The maximum Gasteiger partial charge on any atom is 0.119 e. The van der Waals surface area contributed by atoms with E-state index in [0.29, 0.717) is 39.9 Å². The molecular weight excluding hydrogens is 822 g/mol. The average Bonchev–Trinajstić information content (AvgIpc) is 3.15. The van der Waals surface area contributed by atoms with Crippen molar-refractivity contribution < 1.29 is 25.5 Å². The summed E-state index contributed by atoms with van der Waals surface area (Å²) in [4.78, 5) is 0. The van der Waals surface area contributed by atoms with Gasteiger partial charge in [-0.05, 0) is 183 Å². The van der Waals surface area contributed by atoms with Crippen molar-refractivity contribution in [3.63, 3.8) is 0 Å². The molecule has 312 valence electrons. The lowest BCUT2D eigenvalue weighted by atomic mass is 9.96. The van der Waals surface area contributed by atoms with E-state index in [0.717, 1.165) is 95.8 Å². The third-order valence-corrected chi connectivity index (χ3v) is 11.3. The Morgan fingerprint density at radius 1 is 0.526 bits per heavy atom. The number of phenols is 5. The van der Waals surface area contributed by atoms with Crippen LogP contribution in [0.15, 0.2) is 66.7 Å². The fourth-order valence-electron chi connectivity index (χ4n) is 5.48. The minimum absolute atomic E-state index is 0.245. The molecule has 5 N–H and O–H groups in total. The summed E-state index contributed by atoms with van der Waals surface area (Å²) in [7, 11) is 0. The van der Waals surface area contributed by atoms with Crippen molar-refractivity contribution in [2.75, 3.05) is 0 Å². The van der Waals surface area contributed by atoms with Crippen molar-refractivity contribution in [2.45, 2.75) is 114 Å². The Labute approximate surface area is 365 Å². The number of phenolic OH excluding ortho intramolecular Hbond substituents is 5. The highest BCUT2D eigenvalue weighted by molar-refractivity contribution is 6.32. The molecule has 0 aromatic heterocycles. The number of halogens is 5. The Balaban J connectivity index is 0.000000359. The zero-order valence-electron chi connectivity index (χ0n) is 35.0. The average molecular weight is 881 g/mol. The van der Waals surface area contributed by atoms with E-state index in [1.807, 2.05) is 73.6 Å². The number of aryl methyl sites for hydroxylation is 5. The van der Waals surface area contributed by atoms with E-state index in [4.69, 9.17) is 63.1 Å². The van der Waals surface area contributed by atoms with Gasteiger partial charge in [-0.1, -0.05) is 106 Å². The highest BCUT2D eigenvalue weighted by Crippen LogP contribution is 2.34. The number of aromatic hydroxyl groups is 5. The van der Waals surface area contributed by atoms with Crippen molar-refractivity contribution >= 4 is 58.0 Å². The van der Waals surface area contributed by atoms with Gasteiger partial charge in [0.15, 0.2) is 0 Å². The van der Waals surface area contributed by atoms with E-state index in [1.54, 1.807) is 48.5 Å². The molecule has 0 fully saturated rings. The third kappa shape index (κ3) is 16.7. The number of hydrogen-bond acceptors (Lipinski definition) is 5. The van der Waals surface area contributed by atoms with Gasteiger partial charge in [0.05, 0.1) is 0 Å². The number of rotatable bonds is 6. The zero-order chi connectivity index (χ0) is 43.7. The zero-order valence-corrected chi connectivity index (χ0v) is 38.7. The van der Waals surface area contributed by atoms with Crippen LogP contribution in [0.5, 0.6) is 28.7 Å². The second-order valence-corrected chi connectivity index (χ2v) is 16.3. The first kappa shape index (κ1) is 51.6. The predicted octanol–water partition coefficient (Wildman–Crippen LogP) is 15.9. The Kier molecular flexibility index (Phi) is 22.7. The smallest absolute Gasteiger partial charge is 0.119 e. The van der Waals surface area contributed by atoms with Gasteiger partial charge in [0.1, 0.15) is 28.7 Å². The number of hydrogen-bond donors (Lipinski definition) is 5. The van der Waals surface area contributed by atoms with Crippen molar-refractivity contribution in [3.05, 3.63) is 142 Å². The van der Waals surface area contributed by atoms with E-state index in [2.05, 4.69) is 20.8 Å². The highest BCUT2D eigenvalue weighted by Gasteiger charge is 2.11. The summed E-state index contributed by atoms with van der Waals surface area (Å²) in [5, 5.41) is 50.5. The summed E-state index contributed by atoms with van der Waals surface area (Å²) in [6.45, 7) is 21.8. The van der Waals surface area contributed by atoms with Crippen LogP contribution in [0.4, 0.5) is 0 Å². The maximum atomic E-state index is 9.66. The van der Waals surface area contributed by atoms with Crippen LogP contribution in [-0.4, -0.2) is 25.5 Å². The molecule has 1 unspecified atom stereocenters. The van der Waals surface area contributed by atoms with Gasteiger partial charge in [0.2, 0.25) is 0 Å². The molecule has 5 rings (SSSR count). The lowest BCUT2D eigenvalue weighted by molar-refractivity contribution is 0.461. The van der Waals surface area contributed by atoms with Gasteiger partial charge in [0, 0.05) is 25.1 Å². The van der Waals surface area contributed by atoms with Crippen LogP contribution in [0.1, 0.15) is 116 Å². The largest absolute Gasteiger partial charge is 0.508 e. The summed E-state index contributed by atoms with van der Waals surface area (Å²) >= 11 is 29.3. The summed E-state index contributed by atoms with van der Waals surface area (Å²) < 4.78 is 0. The van der Waals surface area contributed by atoms with Crippen molar-refractivity contribution in [1.29, 1.82) is 0 Å². The van der Waals surface area contributed by atoms with Crippen molar-refractivity contribution in [3.8, 4) is 28.7 Å². The fraction of sp³-hybridized carbons (Fsp3) is 0.362. The monoisotopic (exact) mass is 878 g/mol. The summed E-state index contributed by atoms with van der Waals surface area (Å²) in [6, 6.07) is 18.8. The second-order valence-electron chi connectivity index (χ2n) is 14.2. The van der Waals surface area contributed by atoms with Gasteiger partial charge in [-0.2, -0.15) is 0 Å². The van der Waals surface area contributed by atoms with E-state index in [9.17, 15) is 20.4 Å². The molecule has 0 aliphatic heterocycles. The van der Waals surface area contributed by atoms with E-state index >= 15 is 0 Å². The molecule has 0 bridgehead atoms. The van der Waals surface area contributed by atoms with Crippen LogP contribution in [0.25, 0.3) is 0 Å². The molecule has 0 saturated heterocycles. The molecule has 5 nitrogen and oxygen atoms in total. The third-order valence-electron chi connectivity index (χ3n) is 9.23. The van der Waals surface area contributed by atoms with E-state index in [-0.39, 0.29) is 5.75 Å². The quantitative estimate of drug-likeness (QED) is 0.117. The summed E-state index contributed by atoms with van der Waals surface area (Å²) in [5.41, 5.74) is 8.43. The van der Waals surface area contributed by atoms with Gasteiger partial charge in [0.25, 0.3) is 0 Å². The SMILES string of the molecule is CCC(C)c1cc(Cl)c(C)cc1O.CCCc1cc(Cl)c(C)cc1O.CCc1c(O)cc(C)c(Cl)c1C.Cc1cc(O)c(C(C)C)cc1Cl.Oc1ccc(Cl)cc1. The molecular formula is C47H59Cl5O5. The molecule has 0 amide bonds. The van der Waals surface area contributed by atoms with Crippen LogP contribution in [0, 0.1) is 34.6 Å². The molecule has 0 heterocycles. The van der Waals surface area contributed by atoms with Crippen LogP contribution in [-0.2, 0) is 12.8 Å². The Morgan fingerprint density at radius 2 is 0.965 bits per heavy atom. The van der Waals surface area contributed by atoms with Crippen LogP contribution in [0.2, 0.25) is 25.1 Å². The summed E-state index contributed by atoms with van der Waals surface area (Å²) in [6.07, 6.45) is 3.73. The van der Waals surface area contributed by atoms with Crippen LogP contribution in [0.3, 0.4) is 0 Å². The van der Waals surface area contributed by atoms with E-state index < -0.39 is 0 Å². The Hall–Kier alpha value is -3.45. The first-order chi connectivity index (χ1) is 26.6. The fourth-order valence-corrected chi connectivity index (χ4v) is 6.31. The maximum absolute atomic E-state index is 9.66. The standard InChI is InChI=1S/C11H15ClO.3C10H13ClO.C6H5ClO/c1-4-7(2)9-6-10(12)8(3)5-11(9)13;1-6(2)8-5-9(11)7(3)4-10(8)12;1-4-8-7(3)10(11)6(2)5-9(8)12;1-3-4-8-6-9(11)7(2)5-10(8)12;7-5-1-3-6(8)4-2-5/h5-7,13H,4H2,1-3H3;4-6,12H,1-3H3;5,12H,4H2,1-3H3;5-6,12H,3-4H2,1-2H3;1-4,8H. The van der Waals surface area contributed by atoms with Crippen molar-refractivity contribution in [2.24, 2.45) is 0 Å². The molecule has 0 radical (unpaired) electrons. The Bertz CT molecular complexity index is 2010. The lowest BCUT2D eigenvalue weighted by Gasteiger charge is -2.12. The molecule has 5 aromatic carbocycles. The summed E-state index contributed by atoms with van der Waals surface area (Å²) in [5.74, 6) is 2.33. The van der Waals surface area contributed by atoms with Gasteiger partial charge < -0.3 is 25.5 Å². The first-order valence-corrected chi connectivity index (χ1v) is 20.9. The molecule has 0 spiro atoms. The molecule has 5 aromatic rings. The van der Waals surface area contributed by atoms with Gasteiger partial charge in [-0.3, -0.25) is 0 Å². The lowest BCUT2D eigenvalue weighted by Crippen LogP contribution is -1.92. The van der Waals surface area contributed by atoms with Gasteiger partial charge in [-0.25, -0.2) is 0 Å². The molecule has 0 saturated carbocycles. The highest BCUT2D eigenvalue weighted by atomic mass is 35.5. The van der Waals surface area contributed by atoms with Gasteiger partial charge >= 0.3 is 0 Å². The topological polar surface area (TPSA) is 101 Å². The molecule has 57 heavy (non-hydrogen) atoms.